The number of methoxy groups -OCH3 is 1. The fourth-order valence-corrected chi connectivity index (χ4v) is 3.41. The fourth-order valence-electron chi connectivity index (χ4n) is 3.41. The smallest absolute Gasteiger partial charge is 0.408 e. The van der Waals surface area contributed by atoms with Gasteiger partial charge >= 0.3 is 6.18 Å². The molecular formula is C20H18F3N5O3. The van der Waals surface area contributed by atoms with Gasteiger partial charge < -0.3 is 14.9 Å². The lowest BCUT2D eigenvalue weighted by atomic mass is 10.1. The van der Waals surface area contributed by atoms with Crippen molar-refractivity contribution < 1.29 is 28.1 Å². The van der Waals surface area contributed by atoms with E-state index in [9.17, 15) is 23.4 Å². The summed E-state index contributed by atoms with van der Waals surface area (Å²) >= 11 is 0. The number of aromatic hydroxyl groups is 1. The number of alkyl halides is 3. The van der Waals surface area contributed by atoms with Crippen LogP contribution in [-0.2, 0) is 13.2 Å². The van der Waals surface area contributed by atoms with Crippen LogP contribution in [0.15, 0.2) is 36.9 Å². The first-order valence-corrected chi connectivity index (χ1v) is 9.15. The highest BCUT2D eigenvalue weighted by atomic mass is 19.4. The Hall–Kier alpha value is -3.60. The van der Waals surface area contributed by atoms with Gasteiger partial charge in [-0.3, -0.25) is 9.25 Å². The molecule has 0 amide bonds. The summed E-state index contributed by atoms with van der Waals surface area (Å²) in [6.45, 7) is 0.298. The molecular weight excluding hydrogens is 415 g/mol. The number of pyridine rings is 2. The molecule has 0 aliphatic carbocycles. The lowest BCUT2D eigenvalue weighted by molar-refractivity contribution is -0.142. The molecule has 0 aliphatic rings. The highest BCUT2D eigenvalue weighted by molar-refractivity contribution is 5.90. The summed E-state index contributed by atoms with van der Waals surface area (Å²) in [5, 5.41) is 24.4. The summed E-state index contributed by atoms with van der Waals surface area (Å²) in [7, 11) is 1.46. The van der Waals surface area contributed by atoms with Gasteiger partial charge in [0.05, 0.1) is 42.2 Å². The van der Waals surface area contributed by atoms with E-state index in [4.69, 9.17) is 4.74 Å². The van der Waals surface area contributed by atoms with Crippen molar-refractivity contribution in [3.63, 3.8) is 0 Å². The zero-order valence-corrected chi connectivity index (χ0v) is 16.6. The van der Waals surface area contributed by atoms with Crippen molar-refractivity contribution in [1.29, 1.82) is 0 Å². The Morgan fingerprint density at radius 1 is 1.16 bits per heavy atom. The summed E-state index contributed by atoms with van der Waals surface area (Å²) in [5.41, 5.74) is 3.11. The molecule has 4 aromatic rings. The highest BCUT2D eigenvalue weighted by Gasteiger charge is 2.28. The van der Waals surface area contributed by atoms with Gasteiger partial charge in [-0.1, -0.05) is 0 Å². The van der Waals surface area contributed by atoms with E-state index in [0.717, 1.165) is 4.68 Å². The standard InChI is InChI=1S/C20H18F3N5O3/c1-11-3-15(12-4-13(9-29)18(31-2)24-5-12)26-16-8-28(19(30)17(11)16)14-6-25-27(7-14)10-20(21,22)23/h3-8,29-30H,9-10H2,1-2H3. The van der Waals surface area contributed by atoms with Crippen molar-refractivity contribution in [3.8, 4) is 28.7 Å². The number of hydrogen-bond donors (Lipinski definition) is 2. The molecule has 0 saturated heterocycles. The summed E-state index contributed by atoms with van der Waals surface area (Å²) in [6.07, 6.45) is 1.12. The van der Waals surface area contributed by atoms with Crippen molar-refractivity contribution >= 4 is 10.9 Å². The molecule has 0 spiro atoms. The minimum Gasteiger partial charge on any atom is -0.494 e. The lowest BCUT2D eigenvalue weighted by Crippen LogP contribution is -2.17. The van der Waals surface area contributed by atoms with Crippen LogP contribution in [-0.4, -0.2) is 47.8 Å². The minimum absolute atomic E-state index is 0.151. The van der Waals surface area contributed by atoms with Crippen LogP contribution in [0, 0.1) is 6.92 Å². The minimum atomic E-state index is -4.40. The molecule has 4 aromatic heterocycles. The maximum Gasteiger partial charge on any atom is 0.408 e. The second-order valence-electron chi connectivity index (χ2n) is 6.97. The van der Waals surface area contributed by atoms with Crippen LogP contribution >= 0.6 is 0 Å². The van der Waals surface area contributed by atoms with Crippen molar-refractivity contribution in [2.75, 3.05) is 7.11 Å². The maximum atomic E-state index is 12.6. The second kappa shape index (κ2) is 7.58. The van der Waals surface area contributed by atoms with Gasteiger partial charge in [-0.25, -0.2) is 9.97 Å². The van der Waals surface area contributed by atoms with Gasteiger partial charge in [-0.2, -0.15) is 18.3 Å². The molecule has 11 heteroatoms. The van der Waals surface area contributed by atoms with E-state index in [1.165, 1.54) is 30.3 Å². The van der Waals surface area contributed by atoms with E-state index >= 15 is 0 Å². The molecule has 0 aliphatic heterocycles. The van der Waals surface area contributed by atoms with Crippen molar-refractivity contribution in [2.24, 2.45) is 0 Å². The molecule has 0 bridgehead atoms. The molecule has 8 nitrogen and oxygen atoms in total. The summed E-state index contributed by atoms with van der Waals surface area (Å²) in [4.78, 5) is 8.74. The predicted octanol–water partition coefficient (Wildman–Crippen LogP) is 3.36. The van der Waals surface area contributed by atoms with Gasteiger partial charge in [0.1, 0.15) is 6.54 Å². The number of fused-ring (bicyclic) bond motifs is 1. The fraction of sp³-hybridized carbons (Fsp3) is 0.250. The normalized spacial score (nSPS) is 11.9. The Labute approximate surface area is 174 Å². The third kappa shape index (κ3) is 3.91. The molecule has 0 saturated carbocycles. The van der Waals surface area contributed by atoms with Crippen LogP contribution < -0.4 is 4.74 Å². The van der Waals surface area contributed by atoms with Crippen molar-refractivity contribution in [1.82, 2.24) is 24.3 Å². The molecule has 0 radical (unpaired) electrons. The Balaban J connectivity index is 1.77. The van der Waals surface area contributed by atoms with Gasteiger partial charge in [0.2, 0.25) is 11.8 Å². The number of aliphatic hydroxyl groups is 1. The largest absolute Gasteiger partial charge is 0.494 e. The first-order valence-electron chi connectivity index (χ1n) is 9.15. The Morgan fingerprint density at radius 3 is 2.61 bits per heavy atom. The first-order chi connectivity index (χ1) is 14.7. The third-order valence-electron chi connectivity index (χ3n) is 4.77. The molecule has 0 aromatic carbocycles. The molecule has 0 atom stereocenters. The zero-order valence-electron chi connectivity index (χ0n) is 16.6. The van der Waals surface area contributed by atoms with Crippen LogP contribution in [0.1, 0.15) is 11.1 Å². The van der Waals surface area contributed by atoms with Crippen LogP contribution in [0.3, 0.4) is 0 Å². The van der Waals surface area contributed by atoms with Crippen LogP contribution in [0.2, 0.25) is 0 Å². The number of rotatable bonds is 5. The summed E-state index contributed by atoms with van der Waals surface area (Å²) in [6, 6.07) is 3.46. The number of aromatic nitrogens is 5. The first kappa shape index (κ1) is 20.7. The number of aliphatic hydroxyl groups excluding tert-OH is 1. The van der Waals surface area contributed by atoms with Crippen molar-refractivity contribution in [3.05, 3.63) is 48.0 Å². The highest BCUT2D eigenvalue weighted by Crippen LogP contribution is 2.34. The lowest BCUT2D eigenvalue weighted by Gasteiger charge is -2.08. The van der Waals surface area contributed by atoms with Crippen molar-refractivity contribution in [2.45, 2.75) is 26.3 Å². The number of hydrogen-bond acceptors (Lipinski definition) is 6. The molecule has 0 unspecified atom stereocenters. The third-order valence-corrected chi connectivity index (χ3v) is 4.77. The molecule has 162 valence electrons. The quantitative estimate of drug-likeness (QED) is 0.501. The van der Waals surface area contributed by atoms with Gasteiger partial charge in [-0.15, -0.1) is 0 Å². The molecule has 4 heterocycles. The Bertz CT molecular complexity index is 1260. The second-order valence-corrected chi connectivity index (χ2v) is 6.97. The number of nitrogens with zero attached hydrogens (tertiary/aromatic N) is 5. The van der Waals surface area contributed by atoms with Crippen LogP contribution in [0.5, 0.6) is 11.8 Å². The van der Waals surface area contributed by atoms with Gasteiger partial charge in [0, 0.05) is 29.7 Å². The van der Waals surface area contributed by atoms with E-state index in [0.29, 0.717) is 39.2 Å². The van der Waals surface area contributed by atoms with E-state index in [2.05, 4.69) is 15.1 Å². The number of halogens is 3. The van der Waals surface area contributed by atoms with E-state index in [-0.39, 0.29) is 18.2 Å². The van der Waals surface area contributed by atoms with E-state index in [1.807, 2.05) is 0 Å². The SMILES string of the molecule is COc1ncc(-c2cc(C)c3c(O)n(-c4cnn(CC(F)(F)F)c4)cc3n2)cc1CO. The van der Waals surface area contributed by atoms with Gasteiger partial charge in [-0.05, 0) is 24.6 Å². The molecule has 2 N–H and O–H groups in total. The number of ether oxygens (including phenoxy) is 1. The monoisotopic (exact) mass is 433 g/mol. The predicted molar refractivity (Wildman–Crippen MR) is 105 cm³/mol. The van der Waals surface area contributed by atoms with E-state index in [1.54, 1.807) is 25.3 Å². The average molecular weight is 433 g/mol. The average Bonchev–Trinajstić information content (AvgIpc) is 3.30. The molecule has 0 fully saturated rings. The zero-order chi connectivity index (χ0) is 22.3. The molecule has 4 rings (SSSR count). The Morgan fingerprint density at radius 2 is 1.94 bits per heavy atom. The topological polar surface area (TPSA) is 98.2 Å². The van der Waals surface area contributed by atoms with Gasteiger partial charge in [0.15, 0.2) is 0 Å². The van der Waals surface area contributed by atoms with Crippen LogP contribution in [0.4, 0.5) is 13.2 Å². The van der Waals surface area contributed by atoms with E-state index < -0.39 is 12.7 Å². The summed E-state index contributed by atoms with van der Waals surface area (Å²) in [5.74, 6) is 0.158. The Kier molecular flexibility index (Phi) is 5.05. The molecule has 31 heavy (non-hydrogen) atoms. The summed E-state index contributed by atoms with van der Waals surface area (Å²) < 4.78 is 45.0. The van der Waals surface area contributed by atoms with Crippen LogP contribution in [0.25, 0.3) is 27.8 Å². The van der Waals surface area contributed by atoms with Gasteiger partial charge in [0.25, 0.3) is 0 Å². The number of aryl methyl sites for hydroxylation is 1. The maximum absolute atomic E-state index is 12.6.